The van der Waals surface area contributed by atoms with Crippen LogP contribution in [0.1, 0.15) is 44.6 Å². The van der Waals surface area contributed by atoms with Gasteiger partial charge in [-0.15, -0.1) is 0 Å². The Morgan fingerprint density at radius 1 is 1.26 bits per heavy atom. The molecule has 19 heavy (non-hydrogen) atoms. The predicted molar refractivity (Wildman–Crippen MR) is 76.3 cm³/mol. The van der Waals surface area contributed by atoms with Crippen LogP contribution in [0.5, 0.6) is 5.88 Å². The van der Waals surface area contributed by atoms with Crippen molar-refractivity contribution in [3.05, 3.63) is 11.9 Å². The molecule has 0 bridgehead atoms. The maximum atomic E-state index is 5.90. The van der Waals surface area contributed by atoms with Gasteiger partial charge in [-0.25, -0.2) is 9.97 Å². The van der Waals surface area contributed by atoms with Crippen LogP contribution in [-0.2, 0) is 0 Å². The van der Waals surface area contributed by atoms with E-state index in [0.717, 1.165) is 12.1 Å². The van der Waals surface area contributed by atoms with Gasteiger partial charge in [0.05, 0.1) is 5.56 Å². The van der Waals surface area contributed by atoms with Crippen molar-refractivity contribution in [2.24, 2.45) is 0 Å². The number of aromatic nitrogens is 2. The number of ether oxygens (including phenoxy) is 1. The first-order valence-electron chi connectivity index (χ1n) is 7.14. The number of piperidine rings is 1. The van der Waals surface area contributed by atoms with E-state index in [-0.39, 0.29) is 5.92 Å². The topological polar surface area (TPSA) is 64.3 Å². The fourth-order valence-corrected chi connectivity index (χ4v) is 2.50. The first-order valence-corrected chi connectivity index (χ1v) is 7.14. The first-order chi connectivity index (χ1) is 9.18. The fourth-order valence-electron chi connectivity index (χ4n) is 2.50. The number of hydrogen-bond donors (Lipinski definition) is 1. The molecule has 2 heterocycles. The molecule has 1 aromatic heterocycles. The third kappa shape index (κ3) is 3.80. The van der Waals surface area contributed by atoms with Crippen LogP contribution >= 0.6 is 0 Å². The zero-order valence-electron chi connectivity index (χ0n) is 11.9. The Morgan fingerprint density at radius 3 is 2.68 bits per heavy atom. The summed E-state index contributed by atoms with van der Waals surface area (Å²) in [5.74, 6) is 1.43. The van der Waals surface area contributed by atoms with Crippen molar-refractivity contribution in [1.29, 1.82) is 0 Å². The lowest BCUT2D eigenvalue weighted by atomic mass is 10.1. The summed E-state index contributed by atoms with van der Waals surface area (Å²) in [4.78, 5) is 10.7. The number of rotatable bonds is 5. The minimum Gasteiger partial charge on any atom is -0.476 e. The third-order valence-corrected chi connectivity index (χ3v) is 3.55. The lowest BCUT2D eigenvalue weighted by Crippen LogP contribution is -2.33. The molecule has 1 aliphatic heterocycles. The molecule has 1 aromatic rings. The molecule has 1 aliphatic rings. The molecule has 0 atom stereocenters. The van der Waals surface area contributed by atoms with E-state index in [9.17, 15) is 0 Å². The monoisotopic (exact) mass is 264 g/mol. The maximum absolute atomic E-state index is 5.90. The normalized spacial score (nSPS) is 16.8. The highest BCUT2D eigenvalue weighted by Gasteiger charge is 2.15. The van der Waals surface area contributed by atoms with Crippen LogP contribution in [0.15, 0.2) is 6.33 Å². The minimum atomic E-state index is 0.270. The molecule has 1 fully saturated rings. The van der Waals surface area contributed by atoms with Crippen LogP contribution < -0.4 is 10.5 Å². The van der Waals surface area contributed by atoms with Gasteiger partial charge in [0, 0.05) is 6.54 Å². The Balaban J connectivity index is 1.90. The number of anilines is 1. The highest BCUT2D eigenvalue weighted by atomic mass is 16.5. The summed E-state index contributed by atoms with van der Waals surface area (Å²) < 4.78 is 5.81. The summed E-state index contributed by atoms with van der Waals surface area (Å²) in [7, 11) is 0. The Labute approximate surface area is 115 Å². The molecule has 0 aromatic carbocycles. The molecule has 0 spiro atoms. The van der Waals surface area contributed by atoms with Crippen molar-refractivity contribution in [2.75, 3.05) is 32.0 Å². The Kier molecular flexibility index (Phi) is 4.96. The Hall–Kier alpha value is -1.36. The van der Waals surface area contributed by atoms with E-state index in [1.807, 2.05) is 0 Å². The molecule has 0 amide bonds. The van der Waals surface area contributed by atoms with Crippen LogP contribution in [0.3, 0.4) is 0 Å². The smallest absolute Gasteiger partial charge is 0.222 e. The molecule has 0 radical (unpaired) electrons. The zero-order chi connectivity index (χ0) is 13.7. The highest BCUT2D eigenvalue weighted by Crippen LogP contribution is 2.27. The van der Waals surface area contributed by atoms with E-state index in [0.29, 0.717) is 18.3 Å². The summed E-state index contributed by atoms with van der Waals surface area (Å²) in [6.07, 6.45) is 5.43. The van der Waals surface area contributed by atoms with Gasteiger partial charge in [-0.2, -0.15) is 0 Å². The standard InChI is InChI=1S/C14H24N4O/c1-11(2)12-13(15)16-10-17-14(12)19-9-8-18-6-4-3-5-7-18/h10-11H,3-9H2,1-2H3,(H2,15,16,17). The molecule has 0 unspecified atom stereocenters. The number of likely N-dealkylation sites (tertiary alicyclic amines) is 1. The maximum Gasteiger partial charge on any atom is 0.222 e. The van der Waals surface area contributed by atoms with E-state index in [1.165, 1.54) is 38.7 Å². The van der Waals surface area contributed by atoms with Crippen molar-refractivity contribution in [3.8, 4) is 5.88 Å². The third-order valence-electron chi connectivity index (χ3n) is 3.55. The van der Waals surface area contributed by atoms with Gasteiger partial charge in [0.2, 0.25) is 5.88 Å². The van der Waals surface area contributed by atoms with E-state index < -0.39 is 0 Å². The number of nitrogens with two attached hydrogens (primary N) is 1. The lowest BCUT2D eigenvalue weighted by Gasteiger charge is -2.26. The van der Waals surface area contributed by atoms with E-state index in [1.54, 1.807) is 0 Å². The molecule has 5 heteroatoms. The molecule has 2 N–H and O–H groups in total. The molecule has 1 saturated heterocycles. The second-order valence-corrected chi connectivity index (χ2v) is 5.38. The minimum absolute atomic E-state index is 0.270. The van der Waals surface area contributed by atoms with Crippen LogP contribution in [0.4, 0.5) is 5.82 Å². The predicted octanol–water partition coefficient (Wildman–Crippen LogP) is 2.05. The van der Waals surface area contributed by atoms with Crippen molar-refractivity contribution in [1.82, 2.24) is 14.9 Å². The molecular formula is C14H24N4O. The summed E-state index contributed by atoms with van der Waals surface area (Å²) >= 11 is 0. The average Bonchev–Trinajstić information content (AvgIpc) is 2.39. The van der Waals surface area contributed by atoms with Crippen LogP contribution in [0, 0.1) is 0 Å². The van der Waals surface area contributed by atoms with Crippen molar-refractivity contribution >= 4 is 5.82 Å². The number of nitrogens with zero attached hydrogens (tertiary/aromatic N) is 3. The van der Waals surface area contributed by atoms with Gasteiger partial charge in [0.15, 0.2) is 0 Å². The number of nitrogen functional groups attached to an aromatic ring is 1. The molecule has 2 rings (SSSR count). The second-order valence-electron chi connectivity index (χ2n) is 5.38. The van der Waals surface area contributed by atoms with Crippen LogP contribution in [0.25, 0.3) is 0 Å². The Morgan fingerprint density at radius 2 is 2.00 bits per heavy atom. The average molecular weight is 264 g/mol. The molecule has 0 saturated carbocycles. The highest BCUT2D eigenvalue weighted by molar-refractivity contribution is 5.46. The van der Waals surface area contributed by atoms with E-state index in [2.05, 4.69) is 28.7 Å². The van der Waals surface area contributed by atoms with E-state index in [4.69, 9.17) is 10.5 Å². The quantitative estimate of drug-likeness (QED) is 0.881. The summed E-state index contributed by atoms with van der Waals surface area (Å²) in [5, 5.41) is 0. The van der Waals surface area contributed by atoms with Crippen molar-refractivity contribution < 1.29 is 4.74 Å². The number of hydrogen-bond acceptors (Lipinski definition) is 5. The second kappa shape index (κ2) is 6.70. The van der Waals surface area contributed by atoms with Gasteiger partial charge < -0.3 is 10.5 Å². The summed E-state index contributed by atoms with van der Waals surface area (Å²) in [6.45, 7) is 8.15. The van der Waals surface area contributed by atoms with Gasteiger partial charge in [-0.1, -0.05) is 20.3 Å². The molecular weight excluding hydrogens is 240 g/mol. The summed E-state index contributed by atoms with van der Waals surface area (Å²) in [5.41, 5.74) is 6.81. The first kappa shape index (κ1) is 14.1. The van der Waals surface area contributed by atoms with Crippen molar-refractivity contribution in [2.45, 2.75) is 39.0 Å². The zero-order valence-corrected chi connectivity index (χ0v) is 11.9. The molecule has 5 nitrogen and oxygen atoms in total. The summed E-state index contributed by atoms with van der Waals surface area (Å²) in [6, 6.07) is 0. The fraction of sp³-hybridized carbons (Fsp3) is 0.714. The van der Waals surface area contributed by atoms with Gasteiger partial charge in [0.1, 0.15) is 18.8 Å². The molecule has 0 aliphatic carbocycles. The largest absolute Gasteiger partial charge is 0.476 e. The van der Waals surface area contributed by atoms with Crippen LogP contribution in [0.2, 0.25) is 0 Å². The van der Waals surface area contributed by atoms with Gasteiger partial charge in [-0.3, -0.25) is 4.90 Å². The lowest BCUT2D eigenvalue weighted by molar-refractivity contribution is 0.179. The van der Waals surface area contributed by atoms with Gasteiger partial charge in [0.25, 0.3) is 0 Å². The molecule has 106 valence electrons. The van der Waals surface area contributed by atoms with E-state index >= 15 is 0 Å². The van der Waals surface area contributed by atoms with Crippen molar-refractivity contribution in [3.63, 3.8) is 0 Å². The van der Waals surface area contributed by atoms with Gasteiger partial charge >= 0.3 is 0 Å². The van der Waals surface area contributed by atoms with Crippen LogP contribution in [-0.4, -0.2) is 41.1 Å². The van der Waals surface area contributed by atoms with Gasteiger partial charge in [-0.05, 0) is 31.8 Å². The SMILES string of the molecule is CC(C)c1c(N)ncnc1OCCN1CCCCC1. The Bertz CT molecular complexity index is 402.